The van der Waals surface area contributed by atoms with Gasteiger partial charge >= 0.3 is 0 Å². The summed E-state index contributed by atoms with van der Waals surface area (Å²) >= 11 is 0. The molecule has 0 aromatic heterocycles. The fraction of sp³-hybridized carbons (Fsp3) is 0.478. The summed E-state index contributed by atoms with van der Waals surface area (Å²) < 4.78 is 0. The van der Waals surface area contributed by atoms with Gasteiger partial charge in [0, 0.05) is 35.2 Å². The summed E-state index contributed by atoms with van der Waals surface area (Å²) in [5.74, 6) is 0. The van der Waals surface area contributed by atoms with Crippen LogP contribution in [0.15, 0.2) is 54.6 Å². The summed E-state index contributed by atoms with van der Waals surface area (Å²) in [7, 11) is 0. The maximum atomic E-state index is 2.51. The number of rotatable bonds is 8. The first-order valence-corrected chi connectivity index (χ1v) is 9.72. The smallest absolute Gasteiger partial charge is 0.0414 e. The van der Waals surface area contributed by atoms with E-state index in [0.717, 1.165) is 12.8 Å². The molecule has 0 aliphatic heterocycles. The fourth-order valence-electron chi connectivity index (χ4n) is 3.47. The molecule has 2 unspecified atom stereocenters. The monoisotopic (exact) mass is 338 g/mol. The largest absolute Gasteiger partial charge is 0.366 e. The molecule has 2 rings (SSSR count). The van der Waals surface area contributed by atoms with Crippen molar-refractivity contribution in [3.05, 3.63) is 54.6 Å². The van der Waals surface area contributed by atoms with E-state index in [1.807, 2.05) is 0 Å². The van der Waals surface area contributed by atoms with Gasteiger partial charge in [0.05, 0.1) is 0 Å². The Morgan fingerprint density at radius 3 is 1.60 bits per heavy atom. The normalized spacial score (nSPS) is 13.6. The van der Waals surface area contributed by atoms with Gasteiger partial charge in [-0.25, -0.2) is 0 Å². The summed E-state index contributed by atoms with van der Waals surface area (Å²) in [6, 6.07) is 21.3. The van der Waals surface area contributed by atoms with Crippen LogP contribution in [0.2, 0.25) is 0 Å². The molecule has 2 nitrogen and oxygen atoms in total. The summed E-state index contributed by atoms with van der Waals surface area (Å²) in [6.07, 6.45) is 2.27. The average Bonchev–Trinajstić information content (AvgIpc) is 2.63. The molecule has 2 atom stereocenters. The average molecular weight is 339 g/mol. The van der Waals surface area contributed by atoms with Crippen molar-refractivity contribution in [2.24, 2.45) is 0 Å². The lowest BCUT2D eigenvalue weighted by Crippen LogP contribution is -2.38. The van der Waals surface area contributed by atoms with Crippen LogP contribution >= 0.6 is 0 Å². The lowest BCUT2D eigenvalue weighted by Gasteiger charge is -2.36. The lowest BCUT2D eigenvalue weighted by atomic mass is 10.1. The molecule has 2 aromatic carbocycles. The maximum Gasteiger partial charge on any atom is 0.0414 e. The second kappa shape index (κ2) is 8.94. The highest BCUT2D eigenvalue weighted by Crippen LogP contribution is 2.31. The van der Waals surface area contributed by atoms with Crippen LogP contribution < -0.4 is 9.80 Å². The molecule has 2 heteroatoms. The Morgan fingerprint density at radius 1 is 0.640 bits per heavy atom. The number of hydrogen-bond donors (Lipinski definition) is 0. The Morgan fingerprint density at radius 2 is 1.12 bits per heavy atom. The Hall–Kier alpha value is -1.96. The van der Waals surface area contributed by atoms with Gasteiger partial charge < -0.3 is 9.80 Å². The summed E-state index contributed by atoms with van der Waals surface area (Å²) in [4.78, 5) is 4.95. The molecule has 0 saturated carbocycles. The molecular weight excluding hydrogens is 304 g/mol. The molecule has 0 aliphatic rings. The highest BCUT2D eigenvalue weighted by molar-refractivity contribution is 5.66. The van der Waals surface area contributed by atoms with Crippen LogP contribution in [0.3, 0.4) is 0 Å². The molecule has 0 amide bonds. The number of hydrogen-bond acceptors (Lipinski definition) is 2. The van der Waals surface area contributed by atoms with Crippen LogP contribution in [-0.4, -0.2) is 18.1 Å². The molecule has 136 valence electrons. The van der Waals surface area contributed by atoms with Crippen LogP contribution in [-0.2, 0) is 0 Å². The summed E-state index contributed by atoms with van der Waals surface area (Å²) in [6.45, 7) is 13.7. The molecule has 0 spiro atoms. The minimum absolute atomic E-state index is 0.462. The van der Waals surface area contributed by atoms with Gasteiger partial charge in [-0.15, -0.1) is 0 Å². The highest BCUT2D eigenvalue weighted by Gasteiger charge is 2.18. The molecule has 0 radical (unpaired) electrons. The van der Waals surface area contributed by atoms with Crippen molar-refractivity contribution in [2.75, 3.05) is 9.80 Å². The van der Waals surface area contributed by atoms with Crippen LogP contribution in [0.1, 0.15) is 54.4 Å². The predicted octanol–water partition coefficient (Wildman–Crippen LogP) is 6.64. The summed E-state index contributed by atoms with van der Waals surface area (Å²) in [5.41, 5.74) is 3.83. The Bertz CT molecular complexity index is 618. The van der Waals surface area contributed by atoms with E-state index < -0.39 is 0 Å². The van der Waals surface area contributed by atoms with Gasteiger partial charge in [0.2, 0.25) is 0 Å². The standard InChI is InChI=1S/C23H34N2/c1-7-19(5)24(18(3)4)22-14-16-23(17-15-22)25(20(6)8-2)21-12-10-9-11-13-21/h9-20H,7-8H2,1-6H3. The van der Waals surface area contributed by atoms with Crippen molar-refractivity contribution in [3.8, 4) is 0 Å². The molecular formula is C23H34N2. The first-order valence-electron chi connectivity index (χ1n) is 9.72. The van der Waals surface area contributed by atoms with Gasteiger partial charge in [-0.1, -0.05) is 32.0 Å². The number of para-hydroxylation sites is 1. The van der Waals surface area contributed by atoms with Gasteiger partial charge in [0.25, 0.3) is 0 Å². The van der Waals surface area contributed by atoms with Gasteiger partial charge in [0.15, 0.2) is 0 Å². The number of anilines is 3. The third kappa shape index (κ3) is 4.56. The zero-order chi connectivity index (χ0) is 18.4. The zero-order valence-corrected chi connectivity index (χ0v) is 16.7. The van der Waals surface area contributed by atoms with E-state index in [9.17, 15) is 0 Å². The van der Waals surface area contributed by atoms with Crippen LogP contribution in [0.4, 0.5) is 17.1 Å². The van der Waals surface area contributed by atoms with E-state index in [1.54, 1.807) is 0 Å². The Labute approximate surface area is 154 Å². The SMILES string of the molecule is CCC(C)N(c1ccccc1)c1ccc(N(C(C)C)C(C)CC)cc1. The van der Waals surface area contributed by atoms with Crippen molar-refractivity contribution in [1.29, 1.82) is 0 Å². The topological polar surface area (TPSA) is 6.48 Å². The predicted molar refractivity (Wildman–Crippen MR) is 112 cm³/mol. The molecule has 0 aliphatic carbocycles. The molecule has 0 heterocycles. The van der Waals surface area contributed by atoms with Crippen molar-refractivity contribution in [1.82, 2.24) is 0 Å². The second-order valence-electron chi connectivity index (χ2n) is 7.24. The second-order valence-corrected chi connectivity index (χ2v) is 7.24. The van der Waals surface area contributed by atoms with E-state index in [-0.39, 0.29) is 0 Å². The van der Waals surface area contributed by atoms with E-state index in [4.69, 9.17) is 0 Å². The molecule has 0 bridgehead atoms. The van der Waals surface area contributed by atoms with Crippen LogP contribution in [0, 0.1) is 0 Å². The summed E-state index contributed by atoms with van der Waals surface area (Å²) in [5, 5.41) is 0. The molecule has 2 aromatic rings. The van der Waals surface area contributed by atoms with Gasteiger partial charge in [0.1, 0.15) is 0 Å². The molecule has 0 N–H and O–H groups in total. The third-order valence-corrected chi connectivity index (χ3v) is 5.11. The van der Waals surface area contributed by atoms with E-state index in [1.165, 1.54) is 17.1 Å². The minimum atomic E-state index is 0.462. The number of nitrogens with zero attached hydrogens (tertiary/aromatic N) is 2. The van der Waals surface area contributed by atoms with Gasteiger partial charge in [-0.3, -0.25) is 0 Å². The third-order valence-electron chi connectivity index (χ3n) is 5.11. The van der Waals surface area contributed by atoms with Crippen molar-refractivity contribution in [3.63, 3.8) is 0 Å². The lowest BCUT2D eigenvalue weighted by molar-refractivity contribution is 0.561. The van der Waals surface area contributed by atoms with Crippen molar-refractivity contribution >= 4 is 17.1 Å². The quantitative estimate of drug-likeness (QED) is 0.532. The van der Waals surface area contributed by atoms with E-state index >= 15 is 0 Å². The first kappa shape index (κ1) is 19.4. The van der Waals surface area contributed by atoms with Gasteiger partial charge in [-0.2, -0.15) is 0 Å². The van der Waals surface area contributed by atoms with Crippen molar-refractivity contribution < 1.29 is 0 Å². The Balaban J connectivity index is 2.35. The van der Waals surface area contributed by atoms with Crippen LogP contribution in [0.25, 0.3) is 0 Å². The Kier molecular flexibility index (Phi) is 6.92. The molecule has 25 heavy (non-hydrogen) atoms. The van der Waals surface area contributed by atoms with Crippen LogP contribution in [0.5, 0.6) is 0 Å². The van der Waals surface area contributed by atoms with E-state index in [2.05, 4.69) is 106 Å². The molecule has 0 saturated heterocycles. The maximum absolute atomic E-state index is 2.51. The number of benzene rings is 2. The first-order chi connectivity index (χ1) is 12.0. The highest BCUT2D eigenvalue weighted by atomic mass is 15.2. The molecule has 0 fully saturated rings. The van der Waals surface area contributed by atoms with E-state index in [0.29, 0.717) is 18.1 Å². The fourth-order valence-corrected chi connectivity index (χ4v) is 3.47. The zero-order valence-electron chi connectivity index (χ0n) is 16.7. The van der Waals surface area contributed by atoms with Crippen molar-refractivity contribution in [2.45, 2.75) is 72.5 Å². The van der Waals surface area contributed by atoms with Gasteiger partial charge in [-0.05, 0) is 76.9 Å². The minimum Gasteiger partial charge on any atom is -0.366 e.